The molecule has 1 aliphatic heterocycles. The molecule has 3 heterocycles. The first-order valence-corrected chi connectivity index (χ1v) is 7.80. The number of aromatic nitrogens is 3. The van der Waals surface area contributed by atoms with E-state index in [1.54, 1.807) is 23.7 Å². The summed E-state index contributed by atoms with van der Waals surface area (Å²) < 4.78 is 5.84. The minimum atomic E-state index is 0.614. The van der Waals surface area contributed by atoms with Crippen LogP contribution in [0.2, 0.25) is 0 Å². The van der Waals surface area contributed by atoms with E-state index in [1.807, 2.05) is 12.4 Å². The van der Waals surface area contributed by atoms with Crippen molar-refractivity contribution in [2.45, 2.75) is 26.2 Å². The summed E-state index contributed by atoms with van der Waals surface area (Å²) in [6.07, 6.45) is 6.72. The lowest BCUT2D eigenvalue weighted by atomic mass is 10.3. The minimum Gasteiger partial charge on any atom is -0.475 e. The van der Waals surface area contributed by atoms with Crippen molar-refractivity contribution in [2.75, 3.05) is 24.6 Å². The van der Waals surface area contributed by atoms with Crippen LogP contribution in [0.5, 0.6) is 5.88 Å². The van der Waals surface area contributed by atoms with Gasteiger partial charge in [0.15, 0.2) is 5.82 Å². The van der Waals surface area contributed by atoms with Gasteiger partial charge in [0.05, 0.1) is 17.8 Å². The number of nitrogens with zero attached hydrogens (tertiary/aromatic N) is 4. The van der Waals surface area contributed by atoms with E-state index in [-0.39, 0.29) is 0 Å². The molecule has 1 saturated heterocycles. The van der Waals surface area contributed by atoms with E-state index >= 15 is 0 Å². The number of hydrogen-bond donors (Lipinski definition) is 0. The monoisotopic (exact) mass is 290 g/mol. The third-order valence-corrected chi connectivity index (χ3v) is 4.46. The van der Waals surface area contributed by atoms with Crippen LogP contribution in [0.3, 0.4) is 0 Å². The molecule has 0 saturated carbocycles. The quantitative estimate of drug-likeness (QED) is 0.846. The van der Waals surface area contributed by atoms with Gasteiger partial charge in [0.2, 0.25) is 0 Å². The van der Waals surface area contributed by atoms with Crippen LogP contribution in [-0.2, 0) is 6.42 Å². The summed E-state index contributed by atoms with van der Waals surface area (Å²) in [6.45, 7) is 4.73. The van der Waals surface area contributed by atoms with Crippen molar-refractivity contribution in [3.8, 4) is 5.88 Å². The summed E-state index contributed by atoms with van der Waals surface area (Å²) in [4.78, 5) is 16.5. The van der Waals surface area contributed by atoms with Crippen molar-refractivity contribution in [3.05, 3.63) is 28.5 Å². The van der Waals surface area contributed by atoms with Crippen molar-refractivity contribution in [1.29, 1.82) is 0 Å². The molecule has 6 heteroatoms. The Hall–Kier alpha value is -1.69. The van der Waals surface area contributed by atoms with E-state index in [4.69, 9.17) is 4.74 Å². The van der Waals surface area contributed by atoms with Crippen LogP contribution in [0.4, 0.5) is 5.82 Å². The topological polar surface area (TPSA) is 51.1 Å². The summed E-state index contributed by atoms with van der Waals surface area (Å²) in [6, 6.07) is 0. The van der Waals surface area contributed by atoms with Crippen molar-refractivity contribution < 1.29 is 4.74 Å². The molecule has 0 amide bonds. The molecule has 0 atom stereocenters. The molecule has 2 aromatic heterocycles. The van der Waals surface area contributed by atoms with Crippen molar-refractivity contribution in [2.24, 2.45) is 0 Å². The second-order valence-corrected chi connectivity index (χ2v) is 5.78. The first-order chi connectivity index (χ1) is 9.84. The Balaban J connectivity index is 1.63. The molecule has 2 aromatic rings. The molecule has 0 aliphatic carbocycles. The fraction of sp³-hybridized carbons (Fsp3) is 0.500. The highest BCUT2D eigenvalue weighted by Gasteiger charge is 2.18. The lowest BCUT2D eigenvalue weighted by Gasteiger charge is -2.18. The molecule has 0 bridgehead atoms. The molecular formula is C14H18N4OS. The Kier molecular flexibility index (Phi) is 4.11. The van der Waals surface area contributed by atoms with E-state index in [9.17, 15) is 0 Å². The fourth-order valence-corrected chi connectivity index (χ4v) is 3.13. The number of anilines is 1. The highest BCUT2D eigenvalue weighted by atomic mass is 32.1. The van der Waals surface area contributed by atoms with E-state index in [2.05, 4.69) is 19.9 Å². The van der Waals surface area contributed by atoms with Crippen molar-refractivity contribution in [1.82, 2.24) is 15.0 Å². The van der Waals surface area contributed by atoms with Crippen LogP contribution in [-0.4, -0.2) is 34.6 Å². The van der Waals surface area contributed by atoms with E-state index in [0.29, 0.717) is 12.5 Å². The third kappa shape index (κ3) is 2.90. The molecule has 3 rings (SSSR count). The van der Waals surface area contributed by atoms with E-state index in [1.165, 1.54) is 17.7 Å². The molecule has 0 unspecified atom stereocenters. The summed E-state index contributed by atoms with van der Waals surface area (Å²) in [7, 11) is 0. The van der Waals surface area contributed by atoms with Crippen LogP contribution in [0, 0.1) is 6.92 Å². The molecule has 5 nitrogen and oxygen atoms in total. The Bertz CT molecular complexity index is 566. The van der Waals surface area contributed by atoms with Gasteiger partial charge in [-0.25, -0.2) is 15.0 Å². The zero-order valence-electron chi connectivity index (χ0n) is 11.6. The highest BCUT2D eigenvalue weighted by Crippen LogP contribution is 2.26. The minimum absolute atomic E-state index is 0.614. The number of rotatable bonds is 5. The zero-order chi connectivity index (χ0) is 13.8. The Morgan fingerprint density at radius 2 is 2.00 bits per heavy atom. The predicted octanol–water partition coefficient (Wildman–Crippen LogP) is 2.46. The van der Waals surface area contributed by atoms with Crippen LogP contribution in [0.1, 0.15) is 23.4 Å². The van der Waals surface area contributed by atoms with Gasteiger partial charge in [-0.2, -0.15) is 0 Å². The van der Waals surface area contributed by atoms with Gasteiger partial charge >= 0.3 is 0 Å². The van der Waals surface area contributed by atoms with Crippen LogP contribution < -0.4 is 9.64 Å². The van der Waals surface area contributed by atoms with Crippen LogP contribution in [0.25, 0.3) is 0 Å². The first kappa shape index (κ1) is 13.3. The molecule has 0 aromatic carbocycles. The number of thiazole rings is 1. The van der Waals surface area contributed by atoms with Gasteiger partial charge in [0.25, 0.3) is 5.88 Å². The summed E-state index contributed by atoms with van der Waals surface area (Å²) in [5.74, 6) is 1.53. The average Bonchev–Trinajstić information content (AvgIpc) is 3.12. The maximum atomic E-state index is 5.84. The Labute approximate surface area is 122 Å². The molecule has 0 spiro atoms. The standard InChI is InChI=1S/C14H18N4OS/c1-11-12(20-10-17-11)4-9-19-14-13(15-5-6-16-14)18-7-2-3-8-18/h5-6,10H,2-4,7-9H2,1H3. The van der Waals surface area contributed by atoms with E-state index in [0.717, 1.165) is 31.0 Å². The molecule has 0 radical (unpaired) electrons. The van der Waals surface area contributed by atoms with Crippen molar-refractivity contribution >= 4 is 17.2 Å². The molecule has 1 aliphatic rings. The Morgan fingerprint density at radius 3 is 2.75 bits per heavy atom. The SMILES string of the molecule is Cc1ncsc1CCOc1nccnc1N1CCCC1. The first-order valence-electron chi connectivity index (χ1n) is 6.92. The van der Waals surface area contributed by atoms with Gasteiger partial charge in [0.1, 0.15) is 0 Å². The van der Waals surface area contributed by atoms with Crippen LogP contribution in [0.15, 0.2) is 17.9 Å². The molecule has 0 N–H and O–H groups in total. The maximum absolute atomic E-state index is 5.84. The number of hydrogen-bond acceptors (Lipinski definition) is 6. The number of ether oxygens (including phenoxy) is 1. The van der Waals surface area contributed by atoms with Crippen molar-refractivity contribution in [3.63, 3.8) is 0 Å². The van der Waals surface area contributed by atoms with Gasteiger partial charge in [-0.05, 0) is 19.8 Å². The average molecular weight is 290 g/mol. The molecular weight excluding hydrogens is 272 g/mol. The van der Waals surface area contributed by atoms with E-state index < -0.39 is 0 Å². The summed E-state index contributed by atoms with van der Waals surface area (Å²) in [5, 5.41) is 0. The van der Waals surface area contributed by atoms with Gasteiger partial charge in [-0.1, -0.05) is 0 Å². The lowest BCUT2D eigenvalue weighted by Crippen LogP contribution is -2.20. The van der Waals surface area contributed by atoms with Crippen LogP contribution >= 0.6 is 11.3 Å². The lowest BCUT2D eigenvalue weighted by molar-refractivity contribution is 0.309. The second kappa shape index (κ2) is 6.17. The van der Waals surface area contributed by atoms with Gasteiger partial charge in [-0.15, -0.1) is 11.3 Å². The molecule has 20 heavy (non-hydrogen) atoms. The van der Waals surface area contributed by atoms with Gasteiger partial charge in [0, 0.05) is 36.8 Å². The smallest absolute Gasteiger partial charge is 0.257 e. The second-order valence-electron chi connectivity index (χ2n) is 4.84. The maximum Gasteiger partial charge on any atom is 0.257 e. The predicted molar refractivity (Wildman–Crippen MR) is 79.5 cm³/mol. The Morgan fingerprint density at radius 1 is 1.20 bits per heavy atom. The zero-order valence-corrected chi connectivity index (χ0v) is 12.4. The summed E-state index contributed by atoms with van der Waals surface area (Å²) >= 11 is 1.68. The third-order valence-electron chi connectivity index (χ3n) is 3.46. The molecule has 1 fully saturated rings. The summed E-state index contributed by atoms with van der Waals surface area (Å²) in [5.41, 5.74) is 2.97. The largest absolute Gasteiger partial charge is 0.475 e. The van der Waals surface area contributed by atoms with Gasteiger partial charge < -0.3 is 9.64 Å². The number of aryl methyl sites for hydroxylation is 1. The normalized spacial score (nSPS) is 14.8. The highest BCUT2D eigenvalue weighted by molar-refractivity contribution is 7.09. The molecule has 106 valence electrons. The van der Waals surface area contributed by atoms with Gasteiger partial charge in [-0.3, -0.25) is 0 Å². The fourth-order valence-electron chi connectivity index (χ4n) is 2.37.